The van der Waals surface area contributed by atoms with Crippen molar-refractivity contribution in [3.05, 3.63) is 0 Å². The molecule has 1 aliphatic rings. The lowest BCUT2D eigenvalue weighted by atomic mass is 9.80. The molecular weight excluding hydrogens is 202 g/mol. The monoisotopic (exact) mass is 227 g/mol. The topological polar surface area (TPSA) is 58.4 Å². The minimum atomic E-state index is -0.352. The van der Waals surface area contributed by atoms with E-state index in [-0.39, 0.29) is 17.4 Å². The van der Waals surface area contributed by atoms with Crippen molar-refractivity contribution in [3.8, 4) is 0 Å². The fourth-order valence-electron chi connectivity index (χ4n) is 1.95. The van der Waals surface area contributed by atoms with Gasteiger partial charge in [0, 0.05) is 6.54 Å². The molecule has 1 saturated heterocycles. The number of nitrogens with one attached hydrogen (secondary N) is 1. The molecule has 0 aliphatic carbocycles. The van der Waals surface area contributed by atoms with Crippen molar-refractivity contribution in [1.29, 1.82) is 0 Å². The maximum atomic E-state index is 11.6. The van der Waals surface area contributed by atoms with Gasteiger partial charge in [0.1, 0.15) is 0 Å². The van der Waals surface area contributed by atoms with Crippen LogP contribution in [-0.2, 0) is 4.79 Å². The van der Waals surface area contributed by atoms with Crippen molar-refractivity contribution in [2.75, 3.05) is 26.7 Å². The first kappa shape index (κ1) is 13.5. The number of carbonyl (C=O) groups excluding carboxylic acids is 1. The van der Waals surface area contributed by atoms with Gasteiger partial charge in [-0.05, 0) is 44.8 Å². The molecule has 1 fully saturated rings. The van der Waals surface area contributed by atoms with Crippen LogP contribution in [0.2, 0.25) is 0 Å². The molecule has 1 heterocycles. The van der Waals surface area contributed by atoms with E-state index < -0.39 is 0 Å². The van der Waals surface area contributed by atoms with Crippen LogP contribution >= 0.6 is 0 Å². The highest BCUT2D eigenvalue weighted by Gasteiger charge is 2.29. The third kappa shape index (κ3) is 3.76. The van der Waals surface area contributed by atoms with Gasteiger partial charge in [0.05, 0.1) is 6.04 Å². The second kappa shape index (κ2) is 5.64. The first-order chi connectivity index (χ1) is 7.47. The maximum Gasteiger partial charge on any atom is 0.236 e. The van der Waals surface area contributed by atoms with E-state index in [1.54, 1.807) is 0 Å². The summed E-state index contributed by atoms with van der Waals surface area (Å²) in [7, 11) is 2.14. The molecule has 4 nitrogen and oxygen atoms in total. The van der Waals surface area contributed by atoms with Gasteiger partial charge in [0.15, 0.2) is 0 Å². The molecule has 16 heavy (non-hydrogen) atoms. The molecule has 0 aromatic rings. The Morgan fingerprint density at radius 1 is 1.50 bits per heavy atom. The molecule has 1 aliphatic heterocycles. The van der Waals surface area contributed by atoms with E-state index in [0.29, 0.717) is 6.42 Å². The Bertz CT molecular complexity index is 234. The third-order valence-electron chi connectivity index (χ3n) is 3.66. The molecule has 3 N–H and O–H groups in total. The quantitative estimate of drug-likeness (QED) is 0.738. The van der Waals surface area contributed by atoms with E-state index in [1.807, 2.05) is 6.92 Å². The fraction of sp³-hybridized carbons (Fsp3) is 0.917. The minimum Gasteiger partial charge on any atom is -0.354 e. The van der Waals surface area contributed by atoms with E-state index in [4.69, 9.17) is 5.73 Å². The Hall–Kier alpha value is -0.610. The number of hydrogen-bond acceptors (Lipinski definition) is 3. The van der Waals surface area contributed by atoms with Crippen LogP contribution in [0.4, 0.5) is 0 Å². The highest BCUT2D eigenvalue weighted by Crippen LogP contribution is 2.29. The Morgan fingerprint density at radius 2 is 2.06 bits per heavy atom. The summed E-state index contributed by atoms with van der Waals surface area (Å²) in [6.45, 7) is 7.17. The summed E-state index contributed by atoms with van der Waals surface area (Å²) in [6.07, 6.45) is 2.99. The smallest absolute Gasteiger partial charge is 0.236 e. The molecule has 94 valence electrons. The zero-order valence-corrected chi connectivity index (χ0v) is 10.8. The highest BCUT2D eigenvalue weighted by molar-refractivity contribution is 5.81. The van der Waals surface area contributed by atoms with E-state index >= 15 is 0 Å². The van der Waals surface area contributed by atoms with E-state index in [9.17, 15) is 4.79 Å². The Morgan fingerprint density at radius 3 is 2.56 bits per heavy atom. The Labute approximate surface area is 98.6 Å². The predicted octanol–water partition coefficient (Wildman–Crippen LogP) is 0.572. The highest BCUT2D eigenvalue weighted by atomic mass is 16.2. The standard InChI is InChI=1S/C12H25N3O/c1-4-10(13)11(16)14-9-12(2)5-7-15(3)8-6-12/h10H,4-9,13H2,1-3H3,(H,14,16)/t10-/m1/s1. The lowest BCUT2D eigenvalue weighted by molar-refractivity contribution is -0.123. The SMILES string of the molecule is CC[C@@H](N)C(=O)NCC1(C)CCN(C)CC1. The summed E-state index contributed by atoms with van der Waals surface area (Å²) in [4.78, 5) is 13.9. The van der Waals surface area contributed by atoms with Gasteiger partial charge in [-0.25, -0.2) is 0 Å². The van der Waals surface area contributed by atoms with E-state index in [2.05, 4.69) is 24.2 Å². The normalized spacial score (nSPS) is 22.8. The molecular formula is C12H25N3O. The number of carbonyl (C=O) groups is 1. The molecule has 1 atom stereocenters. The summed E-state index contributed by atoms with van der Waals surface area (Å²) in [5, 5.41) is 2.98. The van der Waals surface area contributed by atoms with E-state index in [0.717, 1.165) is 32.5 Å². The lowest BCUT2D eigenvalue weighted by Gasteiger charge is -2.38. The number of nitrogens with two attached hydrogens (primary N) is 1. The predicted molar refractivity (Wildman–Crippen MR) is 66.1 cm³/mol. The number of likely N-dealkylation sites (tertiary alicyclic amines) is 1. The van der Waals surface area contributed by atoms with Crippen molar-refractivity contribution in [2.24, 2.45) is 11.1 Å². The van der Waals surface area contributed by atoms with Gasteiger partial charge in [-0.15, -0.1) is 0 Å². The lowest BCUT2D eigenvalue weighted by Crippen LogP contribution is -2.47. The van der Waals surface area contributed by atoms with Crippen LogP contribution in [-0.4, -0.2) is 43.5 Å². The van der Waals surface area contributed by atoms with Crippen molar-refractivity contribution in [1.82, 2.24) is 10.2 Å². The second-order valence-corrected chi connectivity index (χ2v) is 5.35. The van der Waals surface area contributed by atoms with Gasteiger partial charge in [-0.3, -0.25) is 4.79 Å². The molecule has 0 aromatic carbocycles. The number of amides is 1. The fourth-order valence-corrected chi connectivity index (χ4v) is 1.95. The van der Waals surface area contributed by atoms with Crippen LogP contribution in [0.3, 0.4) is 0 Å². The average molecular weight is 227 g/mol. The van der Waals surface area contributed by atoms with Crippen molar-refractivity contribution < 1.29 is 4.79 Å². The number of nitrogens with zero attached hydrogens (tertiary/aromatic N) is 1. The largest absolute Gasteiger partial charge is 0.354 e. The molecule has 0 unspecified atom stereocenters. The van der Waals surface area contributed by atoms with Crippen LogP contribution in [0.15, 0.2) is 0 Å². The van der Waals surface area contributed by atoms with Gasteiger partial charge in [0.25, 0.3) is 0 Å². The van der Waals surface area contributed by atoms with E-state index in [1.165, 1.54) is 0 Å². The van der Waals surface area contributed by atoms with Crippen LogP contribution in [0.5, 0.6) is 0 Å². The average Bonchev–Trinajstić information content (AvgIpc) is 2.29. The van der Waals surface area contributed by atoms with Crippen LogP contribution in [0.1, 0.15) is 33.1 Å². The summed E-state index contributed by atoms with van der Waals surface area (Å²) < 4.78 is 0. The Kier molecular flexibility index (Phi) is 4.74. The second-order valence-electron chi connectivity index (χ2n) is 5.35. The van der Waals surface area contributed by atoms with Gasteiger partial charge in [-0.1, -0.05) is 13.8 Å². The van der Waals surface area contributed by atoms with Gasteiger partial charge >= 0.3 is 0 Å². The first-order valence-corrected chi connectivity index (χ1v) is 6.19. The van der Waals surface area contributed by atoms with Gasteiger partial charge in [-0.2, -0.15) is 0 Å². The molecule has 4 heteroatoms. The van der Waals surface area contributed by atoms with Crippen molar-refractivity contribution in [2.45, 2.75) is 39.2 Å². The van der Waals surface area contributed by atoms with Gasteiger partial charge in [0.2, 0.25) is 5.91 Å². The van der Waals surface area contributed by atoms with Crippen LogP contribution in [0, 0.1) is 5.41 Å². The molecule has 1 amide bonds. The zero-order valence-electron chi connectivity index (χ0n) is 10.8. The molecule has 0 radical (unpaired) electrons. The van der Waals surface area contributed by atoms with Crippen molar-refractivity contribution in [3.63, 3.8) is 0 Å². The van der Waals surface area contributed by atoms with Crippen molar-refractivity contribution >= 4 is 5.91 Å². The summed E-state index contributed by atoms with van der Waals surface area (Å²) >= 11 is 0. The minimum absolute atomic E-state index is 0.0114. The molecule has 0 aromatic heterocycles. The van der Waals surface area contributed by atoms with Gasteiger partial charge < -0.3 is 16.0 Å². The van der Waals surface area contributed by atoms with Crippen LogP contribution < -0.4 is 11.1 Å². The Balaban J connectivity index is 2.34. The van der Waals surface area contributed by atoms with Crippen LogP contribution in [0.25, 0.3) is 0 Å². The molecule has 0 saturated carbocycles. The first-order valence-electron chi connectivity index (χ1n) is 6.19. The molecule has 0 bridgehead atoms. The summed E-state index contributed by atoms with van der Waals surface area (Å²) in [5.41, 5.74) is 5.92. The number of hydrogen-bond donors (Lipinski definition) is 2. The summed E-state index contributed by atoms with van der Waals surface area (Å²) in [6, 6.07) is -0.352. The summed E-state index contributed by atoms with van der Waals surface area (Å²) in [5.74, 6) is -0.0114. The third-order valence-corrected chi connectivity index (χ3v) is 3.66. The zero-order chi connectivity index (χ0) is 12.2. The molecule has 1 rings (SSSR count). The maximum absolute atomic E-state index is 11.6. The number of piperidine rings is 1. The molecule has 0 spiro atoms. The number of rotatable bonds is 4.